The van der Waals surface area contributed by atoms with Crippen molar-refractivity contribution in [2.24, 2.45) is 0 Å². The monoisotopic (exact) mass is 701 g/mol. The molecule has 49 heavy (non-hydrogen) atoms. The summed E-state index contributed by atoms with van der Waals surface area (Å²) < 4.78 is 29.4. The van der Waals surface area contributed by atoms with Gasteiger partial charge in [0, 0.05) is 83.4 Å². The number of esters is 1. The van der Waals surface area contributed by atoms with Gasteiger partial charge in [0.1, 0.15) is 28.0 Å². The van der Waals surface area contributed by atoms with Crippen molar-refractivity contribution in [3.8, 4) is 11.5 Å². The second kappa shape index (κ2) is 13.2. The van der Waals surface area contributed by atoms with E-state index in [1.54, 1.807) is 0 Å². The first-order chi connectivity index (χ1) is 24.0. The first-order valence-electron chi connectivity index (χ1n) is 18.6. The van der Waals surface area contributed by atoms with Crippen molar-refractivity contribution in [3.05, 3.63) is 74.3 Å². The van der Waals surface area contributed by atoms with Gasteiger partial charge in [0.05, 0.1) is 12.0 Å². The first kappa shape index (κ1) is 33.1. The fourth-order valence-electron chi connectivity index (χ4n) is 9.61. The molecule has 0 fully saturated rings. The number of rotatable bonds is 6. The molecule has 6 aliphatic heterocycles. The van der Waals surface area contributed by atoms with Crippen LogP contribution < -0.4 is 14.5 Å². The average Bonchev–Trinajstić information content (AvgIpc) is 3.37. The molecule has 0 saturated heterocycles. The Morgan fingerprint density at radius 2 is 1.39 bits per heavy atom. The van der Waals surface area contributed by atoms with Crippen LogP contribution in [0.2, 0.25) is 5.02 Å². The topological polar surface area (TPSA) is 62.3 Å². The summed E-state index contributed by atoms with van der Waals surface area (Å²) >= 11 is 6.65. The number of aryl methyl sites for hydroxylation is 2. The molecule has 0 N–H and O–H groups in total. The summed E-state index contributed by atoms with van der Waals surface area (Å²) in [5.74, 6) is 1.80. The molecule has 9 rings (SSSR count). The number of hydrogen-bond acceptors (Lipinski definition) is 6. The zero-order valence-corrected chi connectivity index (χ0v) is 30.7. The molecule has 0 bridgehead atoms. The fraction of sp³-hybridized carbons (Fsp3) is 0.525. The summed E-state index contributed by atoms with van der Waals surface area (Å²) in [5, 5.41) is 0.604. The van der Waals surface area contributed by atoms with E-state index >= 15 is 0 Å². The number of benzene rings is 3. The van der Waals surface area contributed by atoms with Gasteiger partial charge in [-0.25, -0.2) is 8.51 Å². The van der Waals surface area contributed by atoms with Crippen molar-refractivity contribution >= 4 is 39.9 Å². The number of ether oxygens (including phenoxy) is 2. The molecular weight excluding hydrogens is 654 g/mol. The molecule has 0 amide bonds. The normalized spacial score (nSPS) is 20.6. The van der Waals surface area contributed by atoms with Gasteiger partial charge in [0.2, 0.25) is 0 Å². The van der Waals surface area contributed by atoms with Crippen LogP contribution in [0.25, 0.3) is 0 Å². The molecule has 6 aliphatic rings. The Hall–Kier alpha value is -3.07. The van der Waals surface area contributed by atoms with Gasteiger partial charge in [-0.1, -0.05) is 37.9 Å². The van der Waals surface area contributed by atoms with E-state index in [9.17, 15) is 9.00 Å². The van der Waals surface area contributed by atoms with Crippen LogP contribution in [0.15, 0.2) is 35.2 Å². The second-order valence-electron chi connectivity index (χ2n) is 14.1. The van der Waals surface area contributed by atoms with E-state index in [4.69, 9.17) is 21.1 Å². The molecule has 1 spiro atoms. The van der Waals surface area contributed by atoms with Crippen molar-refractivity contribution < 1.29 is 18.5 Å². The van der Waals surface area contributed by atoms with E-state index in [0.29, 0.717) is 18.0 Å². The van der Waals surface area contributed by atoms with E-state index in [1.165, 1.54) is 40.7 Å². The Balaban J connectivity index is 0.00000171. The minimum Gasteiger partial charge on any atom is -0.469 e. The largest absolute Gasteiger partial charge is 0.469 e. The van der Waals surface area contributed by atoms with Crippen LogP contribution in [0.1, 0.15) is 104 Å². The molecule has 0 saturated carbocycles. The molecule has 3 aromatic rings. The van der Waals surface area contributed by atoms with E-state index in [-0.39, 0.29) is 5.97 Å². The van der Waals surface area contributed by atoms with Crippen molar-refractivity contribution in [3.63, 3.8) is 0 Å². The van der Waals surface area contributed by atoms with Gasteiger partial charge in [0.25, 0.3) is 0 Å². The average molecular weight is 702 g/mol. The Labute approximate surface area is 298 Å². The first-order valence-corrected chi connectivity index (χ1v) is 20.1. The maximum Gasteiger partial charge on any atom is 0.305 e. The SMILES string of the molecule is CC.COC(=O)CCCCCN1S(=O)c2cc(Cl)ccc2C12c1cc3c4c(c1Oc1c2cc2c5c1CCCN5CCC2)CCCN4CCC3. The van der Waals surface area contributed by atoms with Crippen LogP contribution in [0, 0.1) is 0 Å². The molecule has 0 aromatic heterocycles. The zero-order chi connectivity index (χ0) is 33.9. The summed E-state index contributed by atoms with van der Waals surface area (Å²) in [6.45, 7) is 9.00. The number of carbonyl (C=O) groups excluding carboxylic acids is 1. The number of anilines is 2. The third kappa shape index (κ3) is 5.06. The predicted octanol–water partition coefficient (Wildman–Crippen LogP) is 8.23. The summed E-state index contributed by atoms with van der Waals surface area (Å²) in [6.07, 6.45) is 11.4. The molecule has 0 radical (unpaired) electrons. The highest BCUT2D eigenvalue weighted by Crippen LogP contribution is 2.63. The number of nitrogens with zero attached hydrogens (tertiary/aromatic N) is 3. The van der Waals surface area contributed by atoms with Crippen LogP contribution >= 0.6 is 11.6 Å². The van der Waals surface area contributed by atoms with Crippen LogP contribution in [-0.4, -0.2) is 54.3 Å². The fourth-order valence-corrected chi connectivity index (χ4v) is 11.6. The third-order valence-electron chi connectivity index (χ3n) is 11.5. The molecule has 0 aliphatic carbocycles. The molecule has 1 unspecified atom stereocenters. The Bertz CT molecular complexity index is 1760. The maximum atomic E-state index is 14.9. The summed E-state index contributed by atoms with van der Waals surface area (Å²) in [4.78, 5) is 17.8. The Kier molecular flexibility index (Phi) is 8.94. The molecule has 6 heterocycles. The van der Waals surface area contributed by atoms with Gasteiger partial charge in [-0.3, -0.25) is 4.79 Å². The number of unbranched alkanes of at least 4 members (excludes halogenated alkanes) is 2. The van der Waals surface area contributed by atoms with Gasteiger partial charge in [-0.05, 0) is 99.6 Å². The summed E-state index contributed by atoms with van der Waals surface area (Å²) in [7, 11) is 0.00401. The van der Waals surface area contributed by atoms with Crippen LogP contribution in [0.5, 0.6) is 11.5 Å². The smallest absolute Gasteiger partial charge is 0.305 e. The lowest BCUT2D eigenvalue weighted by atomic mass is 9.70. The van der Waals surface area contributed by atoms with E-state index in [0.717, 1.165) is 130 Å². The summed E-state index contributed by atoms with van der Waals surface area (Å²) in [6, 6.07) is 10.9. The lowest BCUT2D eigenvalue weighted by molar-refractivity contribution is -0.140. The van der Waals surface area contributed by atoms with Crippen molar-refractivity contribution in [2.45, 2.75) is 101 Å². The predicted molar refractivity (Wildman–Crippen MR) is 197 cm³/mol. The van der Waals surface area contributed by atoms with Crippen molar-refractivity contribution in [1.82, 2.24) is 4.31 Å². The standard InChI is InChI=1S/C38H42ClN3O4S.C2H6/c1-45-33(43)13-3-2-4-20-42-38(29-15-14-26(39)23-32(29)47(42)44)30-21-24-9-5-16-40-18-7-11-27(34(24)40)36(30)46-37-28-12-8-19-41-17-6-10-25(35(28)41)22-31(37)38;1-2/h14-15,21-23H,2-13,16-20H2,1H3;1-2H3. The number of hydrogen-bond donors (Lipinski definition) is 0. The van der Waals surface area contributed by atoms with Crippen molar-refractivity contribution in [1.29, 1.82) is 0 Å². The Morgan fingerprint density at radius 3 is 1.96 bits per heavy atom. The highest BCUT2D eigenvalue weighted by atomic mass is 35.5. The molecule has 3 aromatic carbocycles. The lowest BCUT2D eigenvalue weighted by Gasteiger charge is -2.48. The van der Waals surface area contributed by atoms with Gasteiger partial charge in [0.15, 0.2) is 0 Å². The summed E-state index contributed by atoms with van der Waals surface area (Å²) in [5.41, 5.74) is 10.8. The third-order valence-corrected chi connectivity index (χ3v) is 13.3. The maximum absolute atomic E-state index is 14.9. The molecule has 9 heteroatoms. The molecule has 260 valence electrons. The van der Waals surface area contributed by atoms with Crippen LogP contribution in [-0.2, 0) is 51.7 Å². The molecule has 1 atom stereocenters. The van der Waals surface area contributed by atoms with Gasteiger partial charge in [-0.2, -0.15) is 0 Å². The number of fused-ring (bicyclic) bond motifs is 8. The van der Waals surface area contributed by atoms with Gasteiger partial charge < -0.3 is 19.3 Å². The highest BCUT2D eigenvalue weighted by molar-refractivity contribution is 7.83. The minimum atomic E-state index is -1.44. The zero-order valence-electron chi connectivity index (χ0n) is 29.2. The quantitative estimate of drug-likeness (QED) is 0.191. The number of halogens is 1. The minimum absolute atomic E-state index is 0.180. The van der Waals surface area contributed by atoms with E-state index in [2.05, 4.69) is 32.3 Å². The number of methoxy groups -OCH3 is 1. The van der Waals surface area contributed by atoms with Gasteiger partial charge in [-0.15, -0.1) is 0 Å². The van der Waals surface area contributed by atoms with Crippen molar-refractivity contribution in [2.75, 3.05) is 49.6 Å². The molecule has 7 nitrogen and oxygen atoms in total. The van der Waals surface area contributed by atoms with Crippen LogP contribution in [0.4, 0.5) is 11.4 Å². The lowest BCUT2D eigenvalue weighted by Crippen LogP contribution is -2.48. The second-order valence-corrected chi connectivity index (χ2v) is 15.9. The van der Waals surface area contributed by atoms with Crippen LogP contribution in [0.3, 0.4) is 0 Å². The number of carbonyl (C=O) groups is 1. The van der Waals surface area contributed by atoms with Gasteiger partial charge >= 0.3 is 5.97 Å². The van der Waals surface area contributed by atoms with E-state index < -0.39 is 16.5 Å². The van der Waals surface area contributed by atoms with E-state index in [1.807, 2.05) is 26.0 Å². The Morgan fingerprint density at radius 1 is 0.816 bits per heavy atom. The molecular formula is C40H48ClN3O4S. The highest BCUT2D eigenvalue weighted by Gasteiger charge is 2.58.